The van der Waals surface area contributed by atoms with Gasteiger partial charge in [0, 0.05) is 0 Å². The van der Waals surface area contributed by atoms with Crippen LogP contribution in [0.15, 0.2) is 11.4 Å². The fraction of sp³-hybridized carbons (Fsp3) is 0.714. The van der Waals surface area contributed by atoms with Crippen LogP contribution in [0.4, 0.5) is 0 Å². The van der Waals surface area contributed by atoms with Crippen molar-refractivity contribution in [2.75, 3.05) is 7.11 Å². The lowest BCUT2D eigenvalue weighted by Gasteiger charge is -2.34. The first-order chi connectivity index (χ1) is 8.27. The zero-order chi connectivity index (χ0) is 12.3. The van der Waals surface area contributed by atoms with Crippen LogP contribution in [0.1, 0.15) is 50.0 Å². The molecule has 0 amide bonds. The topological polar surface area (TPSA) is 29.5 Å². The lowest BCUT2D eigenvalue weighted by Crippen LogP contribution is -2.25. The van der Waals surface area contributed by atoms with Crippen LogP contribution in [0.25, 0.3) is 0 Å². The second-order valence-corrected chi connectivity index (χ2v) is 5.86. The SMILES string of the molecule is CCC1CCCCC1C(O)c1sccc1OC. The molecule has 0 spiro atoms. The smallest absolute Gasteiger partial charge is 0.135 e. The molecule has 0 saturated heterocycles. The fourth-order valence-electron chi connectivity index (χ4n) is 3.05. The van der Waals surface area contributed by atoms with E-state index in [-0.39, 0.29) is 6.10 Å². The Morgan fingerprint density at radius 2 is 2.24 bits per heavy atom. The van der Waals surface area contributed by atoms with Crippen molar-refractivity contribution >= 4 is 11.3 Å². The van der Waals surface area contributed by atoms with Crippen molar-refractivity contribution in [2.24, 2.45) is 11.8 Å². The van der Waals surface area contributed by atoms with Crippen molar-refractivity contribution in [1.29, 1.82) is 0 Å². The molecule has 17 heavy (non-hydrogen) atoms. The molecule has 1 aliphatic carbocycles. The van der Waals surface area contributed by atoms with Gasteiger partial charge in [0.25, 0.3) is 0 Å². The van der Waals surface area contributed by atoms with Gasteiger partial charge in [0.1, 0.15) is 5.75 Å². The number of hydrogen-bond donors (Lipinski definition) is 1. The molecule has 0 radical (unpaired) electrons. The molecule has 96 valence electrons. The number of aliphatic hydroxyl groups excluding tert-OH is 1. The van der Waals surface area contributed by atoms with Crippen LogP contribution in [0.5, 0.6) is 5.75 Å². The number of thiophene rings is 1. The van der Waals surface area contributed by atoms with E-state index in [0.29, 0.717) is 11.8 Å². The van der Waals surface area contributed by atoms with Crippen LogP contribution in [0, 0.1) is 11.8 Å². The highest BCUT2D eigenvalue weighted by Gasteiger charge is 2.32. The van der Waals surface area contributed by atoms with Gasteiger partial charge >= 0.3 is 0 Å². The minimum Gasteiger partial charge on any atom is -0.495 e. The zero-order valence-electron chi connectivity index (χ0n) is 10.7. The Morgan fingerprint density at radius 1 is 1.47 bits per heavy atom. The maximum Gasteiger partial charge on any atom is 0.135 e. The molecule has 1 aromatic rings. The van der Waals surface area contributed by atoms with E-state index in [2.05, 4.69) is 6.92 Å². The summed E-state index contributed by atoms with van der Waals surface area (Å²) in [5.41, 5.74) is 0. The predicted molar refractivity (Wildman–Crippen MR) is 71.6 cm³/mol. The van der Waals surface area contributed by atoms with Crippen molar-refractivity contribution in [3.05, 3.63) is 16.3 Å². The summed E-state index contributed by atoms with van der Waals surface area (Å²) in [6, 6.07) is 1.95. The normalized spacial score (nSPS) is 26.8. The summed E-state index contributed by atoms with van der Waals surface area (Å²) in [6.45, 7) is 2.24. The zero-order valence-corrected chi connectivity index (χ0v) is 11.5. The lowest BCUT2D eigenvalue weighted by atomic mass is 9.74. The molecule has 2 nitrogen and oxygen atoms in total. The van der Waals surface area contributed by atoms with Crippen molar-refractivity contribution in [2.45, 2.75) is 45.1 Å². The maximum absolute atomic E-state index is 10.6. The molecule has 3 atom stereocenters. The summed E-state index contributed by atoms with van der Waals surface area (Å²) < 4.78 is 5.32. The Labute approximate surface area is 108 Å². The van der Waals surface area contributed by atoms with Gasteiger partial charge in [-0.3, -0.25) is 0 Å². The molecule has 0 bridgehead atoms. The van der Waals surface area contributed by atoms with Gasteiger partial charge in [-0.05, 0) is 29.7 Å². The van der Waals surface area contributed by atoms with Gasteiger partial charge in [-0.15, -0.1) is 11.3 Å². The molecular formula is C14H22O2S. The van der Waals surface area contributed by atoms with E-state index in [0.717, 1.165) is 17.0 Å². The standard InChI is InChI=1S/C14H22O2S/c1-3-10-6-4-5-7-11(10)13(15)14-12(16-2)8-9-17-14/h8-11,13,15H,3-7H2,1-2H3. The summed E-state index contributed by atoms with van der Waals surface area (Å²) in [7, 11) is 1.68. The van der Waals surface area contributed by atoms with Gasteiger partial charge in [-0.25, -0.2) is 0 Å². The maximum atomic E-state index is 10.6. The molecule has 0 aromatic carbocycles. The van der Waals surface area contributed by atoms with Gasteiger partial charge < -0.3 is 9.84 Å². The minimum absolute atomic E-state index is 0.338. The third-order valence-corrected chi connectivity index (χ3v) is 5.01. The second-order valence-electron chi connectivity index (χ2n) is 4.91. The minimum atomic E-state index is -0.338. The summed E-state index contributed by atoms with van der Waals surface area (Å²) in [4.78, 5) is 1.01. The van der Waals surface area contributed by atoms with Gasteiger partial charge in [-0.2, -0.15) is 0 Å². The van der Waals surface area contributed by atoms with Crippen molar-refractivity contribution < 1.29 is 9.84 Å². The Hall–Kier alpha value is -0.540. The van der Waals surface area contributed by atoms with E-state index in [1.807, 2.05) is 11.4 Å². The number of ether oxygens (including phenoxy) is 1. The molecular weight excluding hydrogens is 232 g/mol. The summed E-state index contributed by atoms with van der Waals surface area (Å²) in [5, 5.41) is 12.6. The van der Waals surface area contributed by atoms with E-state index in [9.17, 15) is 5.11 Å². The van der Waals surface area contributed by atoms with E-state index in [4.69, 9.17) is 4.74 Å². The molecule has 0 aliphatic heterocycles. The molecule has 1 aromatic heterocycles. The Morgan fingerprint density at radius 3 is 2.94 bits per heavy atom. The van der Waals surface area contributed by atoms with Gasteiger partial charge in [0.15, 0.2) is 0 Å². The molecule has 3 unspecified atom stereocenters. The van der Waals surface area contributed by atoms with Crippen molar-refractivity contribution in [3.63, 3.8) is 0 Å². The average Bonchev–Trinajstić information content (AvgIpc) is 2.86. The molecule has 3 heteroatoms. The monoisotopic (exact) mass is 254 g/mol. The summed E-state index contributed by atoms with van der Waals surface area (Å²) in [6.07, 6.45) is 5.84. The predicted octanol–water partition coefficient (Wildman–Crippen LogP) is 4.01. The van der Waals surface area contributed by atoms with Crippen LogP contribution in [-0.2, 0) is 0 Å². The number of hydrogen-bond acceptors (Lipinski definition) is 3. The molecule has 1 saturated carbocycles. The second kappa shape index (κ2) is 5.87. The summed E-state index contributed by atoms with van der Waals surface area (Å²) >= 11 is 1.61. The lowest BCUT2D eigenvalue weighted by molar-refractivity contribution is 0.0462. The average molecular weight is 254 g/mol. The molecule has 1 N–H and O–H groups in total. The molecule has 1 aliphatic rings. The number of rotatable bonds is 4. The van der Waals surface area contributed by atoms with Crippen molar-refractivity contribution in [3.8, 4) is 5.75 Å². The van der Waals surface area contributed by atoms with Gasteiger partial charge in [0.2, 0.25) is 0 Å². The Bertz CT molecular complexity index is 348. The quantitative estimate of drug-likeness (QED) is 0.879. The fourth-order valence-corrected chi connectivity index (χ4v) is 3.97. The third kappa shape index (κ3) is 2.66. The van der Waals surface area contributed by atoms with E-state index in [1.54, 1.807) is 18.4 Å². The van der Waals surface area contributed by atoms with E-state index >= 15 is 0 Å². The van der Waals surface area contributed by atoms with Gasteiger partial charge in [-0.1, -0.05) is 32.6 Å². The largest absolute Gasteiger partial charge is 0.495 e. The van der Waals surface area contributed by atoms with Gasteiger partial charge in [0.05, 0.1) is 18.1 Å². The van der Waals surface area contributed by atoms with Crippen LogP contribution in [0.2, 0.25) is 0 Å². The first-order valence-electron chi connectivity index (χ1n) is 6.57. The van der Waals surface area contributed by atoms with E-state index in [1.165, 1.54) is 25.7 Å². The Balaban J connectivity index is 2.15. The molecule has 2 rings (SSSR count). The molecule has 1 heterocycles. The van der Waals surface area contributed by atoms with Crippen LogP contribution in [0.3, 0.4) is 0 Å². The highest BCUT2D eigenvalue weighted by atomic mass is 32.1. The van der Waals surface area contributed by atoms with Crippen molar-refractivity contribution in [1.82, 2.24) is 0 Å². The first kappa shape index (κ1) is 12.9. The third-order valence-electron chi connectivity index (χ3n) is 4.04. The van der Waals surface area contributed by atoms with Crippen LogP contribution >= 0.6 is 11.3 Å². The highest BCUT2D eigenvalue weighted by molar-refractivity contribution is 7.10. The Kier molecular flexibility index (Phi) is 4.46. The summed E-state index contributed by atoms with van der Waals surface area (Å²) in [5.74, 6) is 1.94. The van der Waals surface area contributed by atoms with Crippen LogP contribution < -0.4 is 4.74 Å². The number of aliphatic hydroxyl groups is 1. The number of methoxy groups -OCH3 is 1. The molecule has 1 fully saturated rings. The van der Waals surface area contributed by atoms with Crippen LogP contribution in [-0.4, -0.2) is 12.2 Å². The van der Waals surface area contributed by atoms with E-state index < -0.39 is 0 Å². The first-order valence-corrected chi connectivity index (χ1v) is 7.45. The highest BCUT2D eigenvalue weighted by Crippen LogP contribution is 2.44.